The summed E-state index contributed by atoms with van der Waals surface area (Å²) < 4.78 is 0. The average molecular weight is 167 g/mol. The standard InChI is InChI=1S/C10H17NO/c1-3-4-5-9(2)6-7-10(11)8-12/h3-4,6-7,12H,5,8,11H2,1-2H3/b4-3+,9-6-,10-7-. The van der Waals surface area contributed by atoms with Crippen LogP contribution in [0.5, 0.6) is 0 Å². The monoisotopic (exact) mass is 167 g/mol. The molecule has 2 nitrogen and oxygen atoms in total. The van der Waals surface area contributed by atoms with Crippen molar-refractivity contribution in [2.24, 2.45) is 5.73 Å². The molecular weight excluding hydrogens is 150 g/mol. The highest BCUT2D eigenvalue weighted by Gasteiger charge is 1.84. The summed E-state index contributed by atoms with van der Waals surface area (Å²) in [6.07, 6.45) is 8.68. The Kier molecular flexibility index (Phi) is 6.11. The van der Waals surface area contributed by atoms with E-state index in [1.165, 1.54) is 5.57 Å². The molecule has 0 aromatic rings. The van der Waals surface area contributed by atoms with Crippen molar-refractivity contribution in [3.05, 3.63) is 35.6 Å². The molecule has 0 bridgehead atoms. The number of allylic oxidation sites excluding steroid dienone is 5. The van der Waals surface area contributed by atoms with Crippen molar-refractivity contribution in [3.8, 4) is 0 Å². The van der Waals surface area contributed by atoms with Crippen molar-refractivity contribution >= 4 is 0 Å². The molecule has 0 radical (unpaired) electrons. The fraction of sp³-hybridized carbons (Fsp3) is 0.400. The Balaban J connectivity index is 3.99. The van der Waals surface area contributed by atoms with Crippen LogP contribution >= 0.6 is 0 Å². The maximum absolute atomic E-state index is 8.59. The predicted octanol–water partition coefficient (Wildman–Crippen LogP) is 1.73. The van der Waals surface area contributed by atoms with E-state index in [1.807, 2.05) is 26.0 Å². The van der Waals surface area contributed by atoms with Gasteiger partial charge in [0.2, 0.25) is 0 Å². The first-order valence-electron chi connectivity index (χ1n) is 4.04. The molecule has 0 amide bonds. The Hall–Kier alpha value is -1.02. The zero-order valence-electron chi connectivity index (χ0n) is 7.75. The Morgan fingerprint density at radius 1 is 1.42 bits per heavy atom. The van der Waals surface area contributed by atoms with Crippen molar-refractivity contribution in [2.45, 2.75) is 20.3 Å². The molecule has 0 fully saturated rings. The van der Waals surface area contributed by atoms with E-state index >= 15 is 0 Å². The van der Waals surface area contributed by atoms with Crippen LogP contribution < -0.4 is 5.73 Å². The van der Waals surface area contributed by atoms with Crippen LogP contribution in [0.15, 0.2) is 35.6 Å². The van der Waals surface area contributed by atoms with Crippen LogP contribution in [0.3, 0.4) is 0 Å². The van der Waals surface area contributed by atoms with E-state index in [4.69, 9.17) is 10.8 Å². The van der Waals surface area contributed by atoms with Gasteiger partial charge in [0.1, 0.15) is 0 Å². The Bertz CT molecular complexity index is 202. The van der Waals surface area contributed by atoms with Crippen LogP contribution in [0.25, 0.3) is 0 Å². The number of rotatable bonds is 4. The van der Waals surface area contributed by atoms with Gasteiger partial charge in [0.05, 0.1) is 6.61 Å². The largest absolute Gasteiger partial charge is 0.400 e. The van der Waals surface area contributed by atoms with Crippen molar-refractivity contribution in [1.82, 2.24) is 0 Å². The van der Waals surface area contributed by atoms with E-state index in [0.29, 0.717) is 5.70 Å². The van der Waals surface area contributed by atoms with E-state index in [-0.39, 0.29) is 6.61 Å². The highest BCUT2D eigenvalue weighted by atomic mass is 16.3. The molecule has 0 aliphatic carbocycles. The lowest BCUT2D eigenvalue weighted by atomic mass is 10.2. The van der Waals surface area contributed by atoms with Crippen LogP contribution in [0, 0.1) is 0 Å². The third-order valence-corrected chi connectivity index (χ3v) is 1.44. The summed E-state index contributed by atoms with van der Waals surface area (Å²) >= 11 is 0. The van der Waals surface area contributed by atoms with E-state index in [2.05, 4.69) is 6.08 Å². The molecule has 12 heavy (non-hydrogen) atoms. The summed E-state index contributed by atoms with van der Waals surface area (Å²) in [7, 11) is 0. The molecule has 0 spiro atoms. The van der Waals surface area contributed by atoms with Crippen LogP contribution in [0.4, 0.5) is 0 Å². The van der Waals surface area contributed by atoms with Gasteiger partial charge < -0.3 is 10.8 Å². The van der Waals surface area contributed by atoms with Crippen LogP contribution in [0.2, 0.25) is 0 Å². The summed E-state index contributed by atoms with van der Waals surface area (Å²) in [6.45, 7) is 3.94. The molecule has 0 aliphatic heterocycles. The summed E-state index contributed by atoms with van der Waals surface area (Å²) in [5.41, 5.74) is 7.12. The number of aliphatic hydroxyl groups is 1. The summed E-state index contributed by atoms with van der Waals surface area (Å²) in [6, 6.07) is 0. The van der Waals surface area contributed by atoms with Gasteiger partial charge in [-0.3, -0.25) is 0 Å². The second-order valence-corrected chi connectivity index (χ2v) is 2.69. The first-order valence-corrected chi connectivity index (χ1v) is 4.04. The van der Waals surface area contributed by atoms with Gasteiger partial charge in [0.25, 0.3) is 0 Å². The zero-order chi connectivity index (χ0) is 9.40. The van der Waals surface area contributed by atoms with Gasteiger partial charge in [-0.2, -0.15) is 0 Å². The maximum Gasteiger partial charge on any atom is 0.0825 e. The van der Waals surface area contributed by atoms with E-state index < -0.39 is 0 Å². The van der Waals surface area contributed by atoms with E-state index in [9.17, 15) is 0 Å². The summed E-state index contributed by atoms with van der Waals surface area (Å²) in [5.74, 6) is 0. The van der Waals surface area contributed by atoms with Crippen molar-refractivity contribution in [2.75, 3.05) is 6.61 Å². The number of hydrogen-bond donors (Lipinski definition) is 2. The van der Waals surface area contributed by atoms with Gasteiger partial charge in [-0.25, -0.2) is 0 Å². The smallest absolute Gasteiger partial charge is 0.0825 e. The number of aliphatic hydroxyl groups excluding tert-OH is 1. The minimum absolute atomic E-state index is 0.0760. The van der Waals surface area contributed by atoms with Gasteiger partial charge in [0, 0.05) is 5.70 Å². The number of hydrogen-bond acceptors (Lipinski definition) is 2. The van der Waals surface area contributed by atoms with Gasteiger partial charge in [0.15, 0.2) is 0 Å². The van der Waals surface area contributed by atoms with Crippen molar-refractivity contribution in [1.29, 1.82) is 0 Å². The molecule has 0 saturated heterocycles. The molecule has 0 aliphatic rings. The molecule has 0 unspecified atom stereocenters. The highest BCUT2D eigenvalue weighted by molar-refractivity contribution is 5.16. The van der Waals surface area contributed by atoms with Crippen LogP contribution in [0.1, 0.15) is 20.3 Å². The van der Waals surface area contributed by atoms with E-state index in [1.54, 1.807) is 6.08 Å². The Morgan fingerprint density at radius 3 is 2.58 bits per heavy atom. The third kappa shape index (κ3) is 5.74. The third-order valence-electron chi connectivity index (χ3n) is 1.44. The fourth-order valence-electron chi connectivity index (χ4n) is 0.674. The second kappa shape index (κ2) is 6.68. The quantitative estimate of drug-likeness (QED) is 0.495. The first-order chi connectivity index (χ1) is 5.70. The molecule has 3 N–H and O–H groups in total. The maximum atomic E-state index is 8.59. The molecule has 0 aromatic carbocycles. The SMILES string of the molecule is C/C=C/C/C(C)=C\C=C(/N)CO. The number of nitrogens with two attached hydrogens (primary N) is 1. The first kappa shape index (κ1) is 11.0. The average Bonchev–Trinajstić information content (AvgIpc) is 2.10. The molecular formula is C10H17NO. The minimum atomic E-state index is -0.0760. The lowest BCUT2D eigenvalue weighted by Crippen LogP contribution is -2.00. The molecule has 0 saturated carbocycles. The van der Waals surface area contributed by atoms with Gasteiger partial charge in [-0.15, -0.1) is 0 Å². The fourth-order valence-corrected chi connectivity index (χ4v) is 0.674. The molecule has 0 heterocycles. The van der Waals surface area contributed by atoms with Gasteiger partial charge in [-0.1, -0.05) is 23.8 Å². The topological polar surface area (TPSA) is 46.2 Å². The molecule has 2 heteroatoms. The lowest BCUT2D eigenvalue weighted by Gasteiger charge is -1.94. The Labute approximate surface area is 74.1 Å². The minimum Gasteiger partial charge on any atom is -0.400 e. The van der Waals surface area contributed by atoms with Crippen LogP contribution in [-0.2, 0) is 0 Å². The second-order valence-electron chi connectivity index (χ2n) is 2.69. The van der Waals surface area contributed by atoms with Crippen molar-refractivity contribution in [3.63, 3.8) is 0 Å². The predicted molar refractivity (Wildman–Crippen MR) is 52.5 cm³/mol. The molecule has 0 aromatic heterocycles. The van der Waals surface area contributed by atoms with Gasteiger partial charge in [-0.05, 0) is 26.3 Å². The van der Waals surface area contributed by atoms with Crippen molar-refractivity contribution < 1.29 is 5.11 Å². The highest BCUT2D eigenvalue weighted by Crippen LogP contribution is 2.01. The van der Waals surface area contributed by atoms with Gasteiger partial charge >= 0.3 is 0 Å². The molecule has 68 valence electrons. The lowest BCUT2D eigenvalue weighted by molar-refractivity contribution is 0.329. The summed E-state index contributed by atoms with van der Waals surface area (Å²) in [5, 5.41) is 8.59. The Morgan fingerprint density at radius 2 is 2.08 bits per heavy atom. The van der Waals surface area contributed by atoms with E-state index in [0.717, 1.165) is 6.42 Å². The normalized spacial score (nSPS) is 14.2. The summed E-state index contributed by atoms with van der Waals surface area (Å²) in [4.78, 5) is 0. The zero-order valence-corrected chi connectivity index (χ0v) is 7.75. The molecule has 0 atom stereocenters. The van der Waals surface area contributed by atoms with Crippen LogP contribution in [-0.4, -0.2) is 11.7 Å². The molecule has 0 rings (SSSR count).